The summed E-state index contributed by atoms with van der Waals surface area (Å²) in [6, 6.07) is 0. The van der Waals surface area contributed by atoms with E-state index in [4.69, 9.17) is 9.47 Å². The maximum absolute atomic E-state index is 11.6. The number of allylic oxidation sites excluding steroid dienone is 2. The molecule has 188 valence electrons. The lowest BCUT2D eigenvalue weighted by molar-refractivity contribution is -0.156. The Morgan fingerprint density at radius 3 is 1.09 bits per heavy atom. The third-order valence-corrected chi connectivity index (χ3v) is 5.01. The summed E-state index contributed by atoms with van der Waals surface area (Å²) in [7, 11) is 0. The third-order valence-electron chi connectivity index (χ3n) is 5.01. The van der Waals surface area contributed by atoms with Crippen LogP contribution in [0.15, 0.2) is 12.2 Å². The standard InChI is InChI=1S/C28H52O4/c1-27(2,3)31-25(29)23-21-19-17-15-13-11-9-7-8-10-12-14-16-18-20-22-24-26(30)32-28(4,5)6/h7-8H,9-24H2,1-6H3/b8-7+. The number of hydrogen-bond donors (Lipinski definition) is 0. The van der Waals surface area contributed by atoms with Gasteiger partial charge in [0.15, 0.2) is 0 Å². The Morgan fingerprint density at radius 2 is 0.781 bits per heavy atom. The molecule has 0 N–H and O–H groups in total. The molecule has 32 heavy (non-hydrogen) atoms. The van der Waals surface area contributed by atoms with Crippen molar-refractivity contribution in [3.8, 4) is 0 Å². The summed E-state index contributed by atoms with van der Waals surface area (Å²) in [5.74, 6) is -0.137. The summed E-state index contributed by atoms with van der Waals surface area (Å²) in [6.45, 7) is 11.5. The van der Waals surface area contributed by atoms with Crippen LogP contribution in [0.5, 0.6) is 0 Å². The zero-order chi connectivity index (χ0) is 24.3. The van der Waals surface area contributed by atoms with Crippen LogP contribution in [0, 0.1) is 0 Å². The van der Waals surface area contributed by atoms with Gasteiger partial charge in [-0.2, -0.15) is 0 Å². The summed E-state index contributed by atoms with van der Waals surface area (Å²) in [5.41, 5.74) is -0.732. The monoisotopic (exact) mass is 452 g/mol. The first-order valence-corrected chi connectivity index (χ1v) is 13.1. The molecule has 0 spiro atoms. The fraction of sp³-hybridized carbons (Fsp3) is 0.857. The maximum Gasteiger partial charge on any atom is 0.306 e. The molecule has 0 saturated heterocycles. The van der Waals surface area contributed by atoms with E-state index < -0.39 is 0 Å². The number of carbonyl (C=O) groups is 2. The number of hydrogen-bond acceptors (Lipinski definition) is 4. The van der Waals surface area contributed by atoms with Crippen molar-refractivity contribution in [1.29, 1.82) is 0 Å². The first-order valence-electron chi connectivity index (χ1n) is 13.1. The molecule has 4 nitrogen and oxygen atoms in total. The van der Waals surface area contributed by atoms with E-state index in [2.05, 4.69) is 12.2 Å². The van der Waals surface area contributed by atoms with Crippen molar-refractivity contribution in [1.82, 2.24) is 0 Å². The van der Waals surface area contributed by atoms with Gasteiger partial charge < -0.3 is 9.47 Å². The predicted molar refractivity (Wildman–Crippen MR) is 135 cm³/mol. The molecule has 0 radical (unpaired) electrons. The van der Waals surface area contributed by atoms with Gasteiger partial charge in [0.05, 0.1) is 0 Å². The van der Waals surface area contributed by atoms with Gasteiger partial charge in [-0.15, -0.1) is 0 Å². The van der Waals surface area contributed by atoms with E-state index in [-0.39, 0.29) is 23.1 Å². The van der Waals surface area contributed by atoms with Gasteiger partial charge >= 0.3 is 11.9 Å². The van der Waals surface area contributed by atoms with Gasteiger partial charge in [-0.05, 0) is 80.1 Å². The summed E-state index contributed by atoms with van der Waals surface area (Å²) in [6.07, 6.45) is 22.3. The van der Waals surface area contributed by atoms with Gasteiger partial charge in [0.2, 0.25) is 0 Å². The Hall–Kier alpha value is -1.32. The smallest absolute Gasteiger partial charge is 0.306 e. The molecule has 0 heterocycles. The lowest BCUT2D eigenvalue weighted by Gasteiger charge is -2.19. The molecule has 0 aromatic carbocycles. The predicted octanol–water partition coefficient (Wildman–Crippen LogP) is 8.47. The Morgan fingerprint density at radius 1 is 0.500 bits per heavy atom. The molecule has 0 rings (SSSR count). The fourth-order valence-electron chi connectivity index (χ4n) is 3.50. The minimum Gasteiger partial charge on any atom is -0.460 e. The van der Waals surface area contributed by atoms with Crippen molar-refractivity contribution in [2.45, 2.75) is 155 Å². The molecule has 4 heteroatoms. The SMILES string of the molecule is CC(C)(C)OC(=O)CCCCCCCC/C=C/CCCCCCCCC(=O)OC(C)(C)C. The number of carbonyl (C=O) groups excluding carboxylic acids is 2. The van der Waals surface area contributed by atoms with Crippen LogP contribution in [0.1, 0.15) is 144 Å². The average molecular weight is 453 g/mol. The molecule has 0 fully saturated rings. The summed E-state index contributed by atoms with van der Waals surface area (Å²) < 4.78 is 10.7. The van der Waals surface area contributed by atoms with E-state index in [9.17, 15) is 9.59 Å². The van der Waals surface area contributed by atoms with Crippen molar-refractivity contribution in [2.75, 3.05) is 0 Å². The van der Waals surface area contributed by atoms with Crippen LogP contribution in [0.2, 0.25) is 0 Å². The number of ether oxygens (including phenoxy) is 2. The van der Waals surface area contributed by atoms with Gasteiger partial charge in [0.25, 0.3) is 0 Å². The van der Waals surface area contributed by atoms with Crippen molar-refractivity contribution in [3.63, 3.8) is 0 Å². The second-order valence-electron chi connectivity index (χ2n) is 11.0. The molecule has 0 aromatic rings. The van der Waals surface area contributed by atoms with E-state index in [0.29, 0.717) is 12.8 Å². The second-order valence-corrected chi connectivity index (χ2v) is 11.0. The van der Waals surface area contributed by atoms with Gasteiger partial charge in [0.1, 0.15) is 11.2 Å². The third kappa shape index (κ3) is 24.9. The largest absolute Gasteiger partial charge is 0.460 e. The van der Waals surface area contributed by atoms with Crippen molar-refractivity contribution in [3.05, 3.63) is 12.2 Å². The molecule has 0 amide bonds. The average Bonchev–Trinajstić information content (AvgIpc) is 2.64. The summed E-state index contributed by atoms with van der Waals surface area (Å²) in [4.78, 5) is 23.3. The van der Waals surface area contributed by atoms with Gasteiger partial charge in [-0.1, -0.05) is 63.5 Å². The first-order chi connectivity index (χ1) is 15.0. The molecule has 0 aliphatic rings. The molecule has 0 aliphatic heterocycles. The minimum atomic E-state index is -0.366. The van der Waals surface area contributed by atoms with Crippen LogP contribution in [-0.2, 0) is 19.1 Å². The number of rotatable bonds is 18. The Balaban J connectivity index is 3.32. The molecule has 0 aliphatic carbocycles. The van der Waals surface area contributed by atoms with E-state index in [1.54, 1.807) is 0 Å². The van der Waals surface area contributed by atoms with Crippen LogP contribution in [0.4, 0.5) is 0 Å². The lowest BCUT2D eigenvalue weighted by Crippen LogP contribution is -2.23. The van der Waals surface area contributed by atoms with Gasteiger partial charge in [-0.3, -0.25) is 9.59 Å². The molecule has 0 bridgehead atoms. The van der Waals surface area contributed by atoms with Crippen molar-refractivity contribution in [2.24, 2.45) is 0 Å². The van der Waals surface area contributed by atoms with Crippen LogP contribution in [0.3, 0.4) is 0 Å². The highest BCUT2D eigenvalue weighted by molar-refractivity contribution is 5.70. The molecule has 0 saturated carbocycles. The van der Waals surface area contributed by atoms with Crippen LogP contribution in [-0.4, -0.2) is 23.1 Å². The molecule has 0 aromatic heterocycles. The van der Waals surface area contributed by atoms with Crippen molar-refractivity contribution < 1.29 is 19.1 Å². The highest BCUT2D eigenvalue weighted by atomic mass is 16.6. The Kier molecular flexibility index (Phi) is 17.4. The fourth-order valence-corrected chi connectivity index (χ4v) is 3.50. The molecular weight excluding hydrogens is 400 g/mol. The first kappa shape index (κ1) is 30.7. The Labute approximate surface area is 198 Å². The highest BCUT2D eigenvalue weighted by Gasteiger charge is 2.16. The maximum atomic E-state index is 11.6. The quantitative estimate of drug-likeness (QED) is 0.119. The minimum absolute atomic E-state index is 0.0687. The van der Waals surface area contributed by atoms with E-state index in [0.717, 1.165) is 25.7 Å². The molecular formula is C28H52O4. The van der Waals surface area contributed by atoms with E-state index >= 15 is 0 Å². The summed E-state index contributed by atoms with van der Waals surface area (Å²) in [5, 5.41) is 0. The number of unbranched alkanes of at least 4 members (excludes halogenated alkanes) is 12. The van der Waals surface area contributed by atoms with E-state index in [1.807, 2.05) is 41.5 Å². The zero-order valence-corrected chi connectivity index (χ0v) is 22.1. The van der Waals surface area contributed by atoms with Gasteiger partial charge in [-0.25, -0.2) is 0 Å². The molecule has 0 atom stereocenters. The van der Waals surface area contributed by atoms with Crippen LogP contribution < -0.4 is 0 Å². The second kappa shape index (κ2) is 18.1. The van der Waals surface area contributed by atoms with Crippen LogP contribution in [0.25, 0.3) is 0 Å². The van der Waals surface area contributed by atoms with Crippen LogP contribution >= 0.6 is 0 Å². The highest BCUT2D eigenvalue weighted by Crippen LogP contribution is 2.14. The lowest BCUT2D eigenvalue weighted by atomic mass is 10.1. The molecule has 0 unspecified atom stereocenters. The zero-order valence-electron chi connectivity index (χ0n) is 22.1. The normalized spacial score (nSPS) is 12.3. The van der Waals surface area contributed by atoms with E-state index in [1.165, 1.54) is 64.2 Å². The van der Waals surface area contributed by atoms with Gasteiger partial charge in [0, 0.05) is 12.8 Å². The topological polar surface area (TPSA) is 52.6 Å². The number of esters is 2. The van der Waals surface area contributed by atoms with Crippen molar-refractivity contribution >= 4 is 11.9 Å². The Bertz CT molecular complexity index is 463. The summed E-state index contributed by atoms with van der Waals surface area (Å²) >= 11 is 0.